The summed E-state index contributed by atoms with van der Waals surface area (Å²) in [6, 6.07) is -0.411. The van der Waals surface area contributed by atoms with Gasteiger partial charge in [0, 0.05) is 13.8 Å². The third-order valence-electron chi connectivity index (χ3n) is 1.33. The maximum atomic E-state index is 10.9. The maximum Gasteiger partial charge on any atom is 0.322 e. The fourth-order valence-electron chi connectivity index (χ4n) is 0.634. The van der Waals surface area contributed by atoms with Gasteiger partial charge in [0.2, 0.25) is 0 Å². The van der Waals surface area contributed by atoms with E-state index in [-0.39, 0.29) is 5.97 Å². The van der Waals surface area contributed by atoms with E-state index in [0.29, 0.717) is 0 Å². The summed E-state index contributed by atoms with van der Waals surface area (Å²) in [5.74, 6) is -0.330. The van der Waals surface area contributed by atoms with E-state index in [1.54, 1.807) is 13.6 Å². The molecule has 72 valence electrons. The lowest BCUT2D eigenvalue weighted by Crippen LogP contribution is -2.32. The van der Waals surface area contributed by atoms with Gasteiger partial charge < -0.3 is 9.26 Å². The summed E-state index contributed by atoms with van der Waals surface area (Å²) >= 11 is 5.06. The number of carbonyl (C=O) groups excluding carboxylic acids is 1. The minimum absolute atomic E-state index is 0.330. The molecule has 0 aromatic rings. The molecule has 0 amide bonds. The van der Waals surface area contributed by atoms with Gasteiger partial charge in [0.05, 0.1) is 7.11 Å². The van der Waals surface area contributed by atoms with Crippen LogP contribution in [0.5, 0.6) is 0 Å². The summed E-state index contributed by atoms with van der Waals surface area (Å²) in [7, 11) is 2.87. The van der Waals surface area contributed by atoms with Crippen LogP contribution in [0.15, 0.2) is 0 Å². The first-order valence-corrected chi connectivity index (χ1v) is 6.58. The highest BCUT2D eigenvalue weighted by Gasteiger charge is 2.18. The lowest BCUT2D eigenvalue weighted by Gasteiger charge is -2.19. The second-order valence-electron chi connectivity index (χ2n) is 2.40. The molecule has 2 atom stereocenters. The van der Waals surface area contributed by atoms with E-state index in [4.69, 9.17) is 16.3 Å². The minimum Gasteiger partial charge on any atom is -0.468 e. The lowest BCUT2D eigenvalue weighted by molar-refractivity contribution is -0.142. The number of esters is 1. The molecule has 0 fully saturated rings. The average molecular weight is 211 g/mol. The normalized spacial score (nSPS) is 18.0. The van der Waals surface area contributed by atoms with Crippen molar-refractivity contribution in [3.8, 4) is 0 Å². The number of ether oxygens (including phenoxy) is 1. The van der Waals surface area contributed by atoms with Crippen LogP contribution >= 0.6 is 6.42 Å². The van der Waals surface area contributed by atoms with Crippen molar-refractivity contribution in [2.24, 2.45) is 0 Å². The summed E-state index contributed by atoms with van der Waals surface area (Å²) in [5, 5.41) is 2.89. The van der Waals surface area contributed by atoms with Crippen LogP contribution in [0.4, 0.5) is 0 Å². The molecule has 0 aromatic carbocycles. The van der Waals surface area contributed by atoms with Gasteiger partial charge in [0.1, 0.15) is 12.5 Å². The molecule has 0 saturated heterocycles. The second kappa shape index (κ2) is 4.92. The second-order valence-corrected chi connectivity index (χ2v) is 6.81. The Morgan fingerprint density at radius 2 is 2.08 bits per heavy atom. The molecule has 0 rings (SSSR count). The summed E-state index contributed by atoms with van der Waals surface area (Å²) < 4.78 is 9.53. The van der Waals surface area contributed by atoms with Gasteiger partial charge in [-0.05, 0) is 6.92 Å². The van der Waals surface area contributed by atoms with E-state index in [1.807, 2.05) is 0 Å². The van der Waals surface area contributed by atoms with Crippen molar-refractivity contribution in [3.05, 3.63) is 0 Å². The number of rotatable bonds is 4. The summed E-state index contributed by atoms with van der Waals surface area (Å²) in [5.41, 5.74) is 0. The predicted molar refractivity (Wildman–Crippen MR) is 51.8 cm³/mol. The third-order valence-corrected chi connectivity index (χ3v) is 3.65. The standard InChI is InChI=1S/C6H14NO3PS/c1-5(6(8)9-2)7-11(4,12)10-3/h5H,1-4H3,(H,7,12)/t5-,11?/m0/s1. The largest absolute Gasteiger partial charge is 0.468 e. The SMILES string of the molecule is COC(=O)[C@H](C)NP(C)(=S)OC. The number of methoxy groups -OCH3 is 1. The van der Waals surface area contributed by atoms with Gasteiger partial charge in [-0.15, -0.1) is 0 Å². The van der Waals surface area contributed by atoms with Crippen LogP contribution in [-0.4, -0.2) is 32.9 Å². The number of hydrogen-bond donors (Lipinski definition) is 1. The van der Waals surface area contributed by atoms with Gasteiger partial charge in [-0.2, -0.15) is 0 Å². The lowest BCUT2D eigenvalue weighted by atomic mass is 10.4. The molecule has 0 saturated carbocycles. The molecule has 0 aliphatic carbocycles. The Morgan fingerprint density at radius 3 is 2.42 bits per heavy atom. The van der Waals surface area contributed by atoms with Gasteiger partial charge in [0.25, 0.3) is 0 Å². The monoisotopic (exact) mass is 211 g/mol. The first-order chi connectivity index (χ1) is 5.43. The van der Waals surface area contributed by atoms with Crippen molar-refractivity contribution < 1.29 is 14.1 Å². The zero-order valence-corrected chi connectivity index (χ0v) is 9.37. The Bertz CT molecular complexity index is 209. The molecular weight excluding hydrogens is 197 g/mol. The Kier molecular flexibility index (Phi) is 4.94. The van der Waals surface area contributed by atoms with Gasteiger partial charge in [0.15, 0.2) is 0 Å². The molecule has 0 aromatic heterocycles. The minimum atomic E-state index is -2.01. The summed E-state index contributed by atoms with van der Waals surface area (Å²) in [4.78, 5) is 10.9. The highest BCUT2D eigenvalue weighted by Crippen LogP contribution is 2.36. The quantitative estimate of drug-likeness (QED) is 0.548. The molecule has 4 nitrogen and oxygen atoms in total. The topological polar surface area (TPSA) is 47.6 Å². The smallest absolute Gasteiger partial charge is 0.322 e. The van der Waals surface area contributed by atoms with Crippen LogP contribution in [0.3, 0.4) is 0 Å². The summed E-state index contributed by atoms with van der Waals surface area (Å²) in [6.45, 7) is 3.46. The molecule has 0 heterocycles. The van der Waals surface area contributed by atoms with Crippen molar-refractivity contribution in [1.29, 1.82) is 0 Å². The Labute approximate surface area is 77.8 Å². The van der Waals surface area contributed by atoms with Crippen LogP contribution in [0.2, 0.25) is 0 Å². The van der Waals surface area contributed by atoms with Crippen LogP contribution in [0, 0.1) is 0 Å². The first-order valence-electron chi connectivity index (χ1n) is 3.42. The van der Waals surface area contributed by atoms with Gasteiger partial charge in [-0.1, -0.05) is 11.8 Å². The van der Waals surface area contributed by atoms with Crippen molar-refractivity contribution in [3.63, 3.8) is 0 Å². The van der Waals surface area contributed by atoms with Crippen molar-refractivity contribution >= 4 is 24.2 Å². The van der Waals surface area contributed by atoms with E-state index < -0.39 is 12.5 Å². The molecule has 0 bridgehead atoms. The van der Waals surface area contributed by atoms with Gasteiger partial charge in [-0.3, -0.25) is 9.88 Å². The maximum absolute atomic E-state index is 10.9. The Balaban J connectivity index is 4.09. The van der Waals surface area contributed by atoms with Crippen LogP contribution in [-0.2, 0) is 25.9 Å². The van der Waals surface area contributed by atoms with Gasteiger partial charge >= 0.3 is 5.97 Å². The molecule has 0 aliphatic heterocycles. The number of nitrogens with one attached hydrogen (secondary N) is 1. The molecule has 0 aliphatic rings. The average Bonchev–Trinajstić information content (AvgIpc) is 2.02. The number of carbonyl (C=O) groups is 1. The highest BCUT2D eigenvalue weighted by atomic mass is 32.4. The van der Waals surface area contributed by atoms with Crippen molar-refractivity contribution in [1.82, 2.24) is 5.09 Å². The molecule has 12 heavy (non-hydrogen) atoms. The van der Waals surface area contributed by atoms with Crippen LogP contribution in [0.1, 0.15) is 6.92 Å². The Hall–Kier alpha value is 0.0400. The van der Waals surface area contributed by atoms with Crippen LogP contribution < -0.4 is 5.09 Å². The molecular formula is C6H14NO3PS. The van der Waals surface area contributed by atoms with Gasteiger partial charge in [-0.25, -0.2) is 0 Å². The fourth-order valence-corrected chi connectivity index (χ4v) is 2.02. The third kappa shape index (κ3) is 4.16. The zero-order chi connectivity index (χ0) is 9.78. The molecule has 1 N–H and O–H groups in total. The van der Waals surface area contributed by atoms with Crippen LogP contribution in [0.25, 0.3) is 0 Å². The van der Waals surface area contributed by atoms with E-state index in [0.717, 1.165) is 0 Å². The predicted octanol–water partition coefficient (Wildman–Crippen LogP) is 0.723. The van der Waals surface area contributed by atoms with E-state index in [2.05, 4.69) is 9.82 Å². The Morgan fingerprint density at radius 1 is 1.58 bits per heavy atom. The van der Waals surface area contributed by atoms with E-state index in [9.17, 15) is 4.79 Å². The van der Waals surface area contributed by atoms with E-state index in [1.165, 1.54) is 14.2 Å². The highest BCUT2D eigenvalue weighted by molar-refractivity contribution is 8.11. The molecule has 6 heteroatoms. The molecule has 0 spiro atoms. The van der Waals surface area contributed by atoms with E-state index >= 15 is 0 Å². The van der Waals surface area contributed by atoms with Crippen molar-refractivity contribution in [2.45, 2.75) is 13.0 Å². The zero-order valence-electron chi connectivity index (χ0n) is 7.66. The summed E-state index contributed by atoms with van der Waals surface area (Å²) in [6.07, 6.45) is -2.01. The fraction of sp³-hybridized carbons (Fsp3) is 0.833. The van der Waals surface area contributed by atoms with Crippen molar-refractivity contribution in [2.75, 3.05) is 20.9 Å². The molecule has 1 unspecified atom stereocenters. The number of hydrogen-bond acceptors (Lipinski definition) is 4. The molecule has 0 radical (unpaired) electrons. The first kappa shape index (κ1) is 12.0.